The largest absolute Gasteiger partial charge is 0.368 e. The molecule has 0 spiro atoms. The second-order valence-corrected chi connectivity index (χ2v) is 5.42. The molecule has 0 aliphatic carbocycles. The Balaban J connectivity index is 1.95. The number of hydrogen-bond donors (Lipinski definition) is 2. The third-order valence-electron chi connectivity index (χ3n) is 1.88. The third kappa shape index (κ3) is 3.37. The molecule has 2 rings (SSSR count). The van der Waals surface area contributed by atoms with Crippen LogP contribution in [0.25, 0.3) is 0 Å². The van der Waals surface area contributed by atoms with Gasteiger partial charge in [-0.15, -0.1) is 11.3 Å². The van der Waals surface area contributed by atoms with Crippen LogP contribution in [0.5, 0.6) is 0 Å². The van der Waals surface area contributed by atoms with Crippen molar-refractivity contribution in [2.45, 2.75) is 17.3 Å². The number of rotatable bonds is 4. The van der Waals surface area contributed by atoms with E-state index in [9.17, 15) is 4.79 Å². The predicted molar refractivity (Wildman–Crippen MR) is 70.3 cm³/mol. The van der Waals surface area contributed by atoms with Crippen LogP contribution in [0, 0.1) is 0 Å². The van der Waals surface area contributed by atoms with Crippen LogP contribution in [0.3, 0.4) is 0 Å². The number of aromatic nitrogens is 4. The van der Waals surface area contributed by atoms with Crippen LogP contribution in [-0.4, -0.2) is 31.1 Å². The van der Waals surface area contributed by atoms with E-state index < -0.39 is 0 Å². The van der Waals surface area contributed by atoms with Crippen molar-refractivity contribution >= 4 is 40.1 Å². The van der Waals surface area contributed by atoms with Crippen LogP contribution in [-0.2, 0) is 4.79 Å². The molecule has 3 N–H and O–H groups in total. The summed E-state index contributed by atoms with van der Waals surface area (Å²) in [7, 11) is 0. The standard InChI is InChI=1S/C9H10N6OS2/c1-5(6(16)14-8-11-2-3-17-8)18-9-13-4-12-7(10)15-9/h2-5H,1H3,(H,11,14,16)(H2,10,12,13,15). The summed E-state index contributed by atoms with van der Waals surface area (Å²) in [5.41, 5.74) is 5.44. The summed E-state index contributed by atoms with van der Waals surface area (Å²) < 4.78 is 0. The molecule has 2 aromatic rings. The van der Waals surface area contributed by atoms with Gasteiger partial charge in [0, 0.05) is 11.6 Å². The Kier molecular flexibility index (Phi) is 4.05. The van der Waals surface area contributed by atoms with E-state index in [1.165, 1.54) is 29.4 Å². The predicted octanol–water partition coefficient (Wildman–Crippen LogP) is 1.03. The van der Waals surface area contributed by atoms with E-state index in [1.54, 1.807) is 18.5 Å². The molecule has 0 radical (unpaired) electrons. The Hall–Kier alpha value is -1.74. The Labute approximate surface area is 111 Å². The van der Waals surface area contributed by atoms with Crippen molar-refractivity contribution in [3.63, 3.8) is 0 Å². The van der Waals surface area contributed by atoms with Crippen molar-refractivity contribution in [2.75, 3.05) is 11.1 Å². The lowest BCUT2D eigenvalue weighted by Gasteiger charge is -2.08. The van der Waals surface area contributed by atoms with Crippen LogP contribution in [0.1, 0.15) is 6.92 Å². The fraction of sp³-hybridized carbons (Fsp3) is 0.222. The van der Waals surface area contributed by atoms with Crippen molar-refractivity contribution in [1.82, 2.24) is 19.9 Å². The van der Waals surface area contributed by atoms with E-state index in [4.69, 9.17) is 5.73 Å². The summed E-state index contributed by atoms with van der Waals surface area (Å²) in [6.45, 7) is 1.76. The van der Waals surface area contributed by atoms with Crippen molar-refractivity contribution in [3.8, 4) is 0 Å². The Morgan fingerprint density at radius 1 is 1.50 bits per heavy atom. The van der Waals surface area contributed by atoms with Gasteiger partial charge in [-0.3, -0.25) is 4.79 Å². The lowest BCUT2D eigenvalue weighted by Crippen LogP contribution is -2.22. The number of amides is 1. The Morgan fingerprint density at radius 3 is 3.00 bits per heavy atom. The highest BCUT2D eigenvalue weighted by Crippen LogP contribution is 2.21. The fourth-order valence-corrected chi connectivity index (χ4v) is 2.32. The van der Waals surface area contributed by atoms with Crippen LogP contribution < -0.4 is 11.1 Å². The molecule has 2 aromatic heterocycles. The van der Waals surface area contributed by atoms with Gasteiger partial charge in [0.2, 0.25) is 11.9 Å². The van der Waals surface area contributed by atoms with Crippen molar-refractivity contribution in [3.05, 3.63) is 17.9 Å². The summed E-state index contributed by atoms with van der Waals surface area (Å²) in [5.74, 6) is -0.0195. The maximum atomic E-state index is 11.8. The normalized spacial score (nSPS) is 12.1. The second-order valence-electron chi connectivity index (χ2n) is 3.21. The molecular weight excluding hydrogens is 272 g/mol. The molecule has 0 aliphatic rings. The smallest absolute Gasteiger partial charge is 0.239 e. The van der Waals surface area contributed by atoms with E-state index in [0.717, 1.165) is 0 Å². The molecule has 1 unspecified atom stereocenters. The van der Waals surface area contributed by atoms with Gasteiger partial charge in [0.05, 0.1) is 5.25 Å². The molecule has 94 valence electrons. The van der Waals surface area contributed by atoms with E-state index >= 15 is 0 Å². The minimum atomic E-state index is -0.351. The van der Waals surface area contributed by atoms with Crippen LogP contribution in [0.4, 0.5) is 11.1 Å². The molecule has 9 heteroatoms. The van der Waals surface area contributed by atoms with Crippen LogP contribution in [0.15, 0.2) is 23.1 Å². The zero-order valence-corrected chi connectivity index (χ0v) is 11.0. The first-order valence-corrected chi connectivity index (χ1v) is 6.72. The van der Waals surface area contributed by atoms with Crippen molar-refractivity contribution in [2.24, 2.45) is 0 Å². The quantitative estimate of drug-likeness (QED) is 0.806. The first-order chi connectivity index (χ1) is 8.65. The maximum absolute atomic E-state index is 11.8. The topological polar surface area (TPSA) is 107 Å². The highest BCUT2D eigenvalue weighted by Gasteiger charge is 2.17. The van der Waals surface area contributed by atoms with E-state index in [-0.39, 0.29) is 17.1 Å². The van der Waals surface area contributed by atoms with Gasteiger partial charge in [0.1, 0.15) is 6.33 Å². The van der Waals surface area contributed by atoms with Crippen LogP contribution >= 0.6 is 23.1 Å². The Bertz CT molecular complexity index is 532. The van der Waals surface area contributed by atoms with Crippen LogP contribution in [0.2, 0.25) is 0 Å². The molecule has 0 saturated carbocycles. The molecule has 1 amide bonds. The van der Waals surface area contributed by atoms with Gasteiger partial charge in [0.15, 0.2) is 10.3 Å². The Morgan fingerprint density at radius 2 is 2.33 bits per heavy atom. The molecule has 7 nitrogen and oxygen atoms in total. The molecule has 0 bridgehead atoms. The monoisotopic (exact) mass is 282 g/mol. The SMILES string of the molecule is CC(Sc1ncnc(N)n1)C(=O)Nc1nccs1. The number of thiazole rings is 1. The highest BCUT2D eigenvalue weighted by atomic mass is 32.2. The second kappa shape index (κ2) is 5.74. The number of nitrogens with two attached hydrogens (primary N) is 1. The first kappa shape index (κ1) is 12.7. The molecule has 0 aromatic carbocycles. The van der Waals surface area contributed by atoms with Gasteiger partial charge < -0.3 is 11.1 Å². The summed E-state index contributed by atoms with van der Waals surface area (Å²) in [4.78, 5) is 27.3. The molecule has 2 heterocycles. The summed E-state index contributed by atoms with van der Waals surface area (Å²) in [5, 5.41) is 5.13. The number of anilines is 2. The highest BCUT2D eigenvalue weighted by molar-refractivity contribution is 8.00. The van der Waals surface area contributed by atoms with Gasteiger partial charge in [-0.2, -0.15) is 4.98 Å². The average molecular weight is 282 g/mol. The van der Waals surface area contributed by atoms with Gasteiger partial charge in [0.25, 0.3) is 0 Å². The number of nitrogens with one attached hydrogen (secondary N) is 1. The first-order valence-electron chi connectivity index (χ1n) is 4.96. The lowest BCUT2D eigenvalue weighted by atomic mass is 10.4. The van der Waals surface area contributed by atoms with E-state index in [1.807, 2.05) is 0 Å². The van der Waals surface area contributed by atoms with Gasteiger partial charge >= 0.3 is 0 Å². The molecule has 1 atom stereocenters. The average Bonchev–Trinajstić information content (AvgIpc) is 2.81. The summed E-state index contributed by atoms with van der Waals surface area (Å²) in [6, 6.07) is 0. The number of nitrogen functional groups attached to an aromatic ring is 1. The summed E-state index contributed by atoms with van der Waals surface area (Å²) >= 11 is 2.57. The van der Waals surface area contributed by atoms with Gasteiger partial charge in [-0.05, 0) is 6.92 Å². The van der Waals surface area contributed by atoms with Gasteiger partial charge in [-0.25, -0.2) is 15.0 Å². The van der Waals surface area contributed by atoms with Gasteiger partial charge in [-0.1, -0.05) is 11.8 Å². The summed E-state index contributed by atoms with van der Waals surface area (Å²) in [6.07, 6.45) is 2.95. The number of carbonyl (C=O) groups excluding carboxylic acids is 1. The number of carbonyl (C=O) groups is 1. The van der Waals surface area contributed by atoms with Crippen molar-refractivity contribution < 1.29 is 4.79 Å². The fourth-order valence-electron chi connectivity index (χ4n) is 1.05. The van der Waals surface area contributed by atoms with E-state index in [0.29, 0.717) is 10.3 Å². The third-order valence-corrected chi connectivity index (χ3v) is 3.55. The number of nitrogens with zero attached hydrogens (tertiary/aromatic N) is 4. The zero-order chi connectivity index (χ0) is 13.0. The van der Waals surface area contributed by atoms with E-state index in [2.05, 4.69) is 25.3 Å². The molecular formula is C9H10N6OS2. The number of thioether (sulfide) groups is 1. The number of hydrogen-bond acceptors (Lipinski definition) is 8. The molecule has 18 heavy (non-hydrogen) atoms. The zero-order valence-electron chi connectivity index (χ0n) is 9.40. The minimum absolute atomic E-state index is 0.139. The minimum Gasteiger partial charge on any atom is -0.368 e. The van der Waals surface area contributed by atoms with Crippen molar-refractivity contribution in [1.29, 1.82) is 0 Å². The lowest BCUT2D eigenvalue weighted by molar-refractivity contribution is -0.115. The molecule has 0 saturated heterocycles. The molecule has 0 aliphatic heterocycles. The molecule has 0 fully saturated rings. The maximum Gasteiger partial charge on any atom is 0.239 e.